The van der Waals surface area contributed by atoms with E-state index < -0.39 is 0 Å². The standard InChI is InChI=1S/C15H20/c1-3-7-12(8-4-1)11-15-13-9-5-2-6-10-14(13)15/h1,3-4,7-8,13-15H,2,5-6,9-11H2. The lowest BCUT2D eigenvalue weighted by Gasteiger charge is -2.02. The Kier molecular flexibility index (Phi) is 2.52. The third-order valence-corrected chi connectivity index (χ3v) is 4.40. The van der Waals surface area contributed by atoms with Crippen LogP contribution in [0.25, 0.3) is 0 Å². The van der Waals surface area contributed by atoms with Crippen molar-refractivity contribution in [3.8, 4) is 0 Å². The van der Waals surface area contributed by atoms with Gasteiger partial charge in [-0.2, -0.15) is 0 Å². The van der Waals surface area contributed by atoms with Crippen molar-refractivity contribution in [2.24, 2.45) is 17.8 Å². The largest absolute Gasteiger partial charge is 0.0622 e. The second kappa shape index (κ2) is 4.00. The summed E-state index contributed by atoms with van der Waals surface area (Å²) in [6.45, 7) is 0. The summed E-state index contributed by atoms with van der Waals surface area (Å²) in [4.78, 5) is 0. The molecule has 1 aromatic rings. The van der Waals surface area contributed by atoms with Gasteiger partial charge in [-0.05, 0) is 42.6 Å². The van der Waals surface area contributed by atoms with Crippen LogP contribution in [0, 0.1) is 17.8 Å². The van der Waals surface area contributed by atoms with E-state index in [0.29, 0.717) is 0 Å². The van der Waals surface area contributed by atoms with Gasteiger partial charge in [-0.25, -0.2) is 0 Å². The second-order valence-corrected chi connectivity index (χ2v) is 5.32. The first-order chi connectivity index (χ1) is 7.45. The van der Waals surface area contributed by atoms with Crippen LogP contribution < -0.4 is 0 Å². The lowest BCUT2D eigenvalue weighted by Crippen LogP contribution is -1.92. The van der Waals surface area contributed by atoms with Crippen LogP contribution in [0.4, 0.5) is 0 Å². The lowest BCUT2D eigenvalue weighted by molar-refractivity contribution is 0.567. The number of hydrogen-bond donors (Lipinski definition) is 0. The molecule has 0 bridgehead atoms. The van der Waals surface area contributed by atoms with E-state index in [1.165, 1.54) is 38.5 Å². The lowest BCUT2D eigenvalue weighted by atomic mass is 10.0. The maximum Gasteiger partial charge on any atom is -0.0245 e. The Morgan fingerprint density at radius 3 is 2.20 bits per heavy atom. The first kappa shape index (κ1) is 9.45. The minimum Gasteiger partial charge on any atom is -0.0622 e. The molecule has 0 nitrogen and oxygen atoms in total. The molecule has 0 heterocycles. The maximum absolute atomic E-state index is 2.29. The molecule has 2 fully saturated rings. The monoisotopic (exact) mass is 200 g/mol. The van der Waals surface area contributed by atoms with E-state index in [9.17, 15) is 0 Å². The fourth-order valence-electron chi connectivity index (χ4n) is 3.51. The summed E-state index contributed by atoms with van der Waals surface area (Å²) in [5, 5.41) is 0. The van der Waals surface area contributed by atoms with E-state index in [4.69, 9.17) is 0 Å². The van der Waals surface area contributed by atoms with E-state index in [2.05, 4.69) is 30.3 Å². The Bertz CT molecular complexity index is 302. The molecule has 2 aliphatic rings. The number of fused-ring (bicyclic) bond motifs is 1. The molecular formula is C15H20. The van der Waals surface area contributed by atoms with E-state index in [0.717, 1.165) is 17.8 Å². The molecule has 1 aromatic carbocycles. The molecule has 3 rings (SSSR count). The molecule has 2 aliphatic carbocycles. The molecule has 2 unspecified atom stereocenters. The van der Waals surface area contributed by atoms with Gasteiger partial charge in [0.05, 0.1) is 0 Å². The summed E-state index contributed by atoms with van der Waals surface area (Å²) in [6, 6.07) is 11.0. The molecule has 0 saturated heterocycles. The maximum atomic E-state index is 2.29. The summed E-state index contributed by atoms with van der Waals surface area (Å²) in [5.74, 6) is 3.22. The van der Waals surface area contributed by atoms with Crippen molar-refractivity contribution in [2.45, 2.75) is 38.5 Å². The number of hydrogen-bond acceptors (Lipinski definition) is 0. The molecule has 15 heavy (non-hydrogen) atoms. The minimum atomic E-state index is 1.03. The van der Waals surface area contributed by atoms with Gasteiger partial charge in [-0.1, -0.05) is 49.6 Å². The van der Waals surface area contributed by atoms with Crippen LogP contribution in [0.2, 0.25) is 0 Å². The highest BCUT2D eigenvalue weighted by molar-refractivity contribution is 5.18. The highest BCUT2D eigenvalue weighted by atomic mass is 14.5. The van der Waals surface area contributed by atoms with Crippen molar-refractivity contribution in [1.82, 2.24) is 0 Å². The molecule has 0 spiro atoms. The second-order valence-electron chi connectivity index (χ2n) is 5.32. The Hall–Kier alpha value is -0.780. The van der Waals surface area contributed by atoms with Gasteiger partial charge in [0.2, 0.25) is 0 Å². The molecule has 80 valence electrons. The molecule has 0 amide bonds. The van der Waals surface area contributed by atoms with Crippen molar-refractivity contribution in [1.29, 1.82) is 0 Å². The van der Waals surface area contributed by atoms with Gasteiger partial charge in [0.1, 0.15) is 0 Å². The number of benzene rings is 1. The average Bonchev–Trinajstić information content (AvgIpc) is 2.97. The Labute approximate surface area is 92.7 Å². The van der Waals surface area contributed by atoms with Gasteiger partial charge in [-0.15, -0.1) is 0 Å². The van der Waals surface area contributed by atoms with Gasteiger partial charge >= 0.3 is 0 Å². The van der Waals surface area contributed by atoms with Crippen LogP contribution in [-0.2, 0) is 6.42 Å². The molecule has 0 aromatic heterocycles. The predicted octanol–water partition coefficient (Wildman–Crippen LogP) is 4.06. The van der Waals surface area contributed by atoms with Gasteiger partial charge in [0.25, 0.3) is 0 Å². The van der Waals surface area contributed by atoms with E-state index in [1.807, 2.05) is 0 Å². The SMILES string of the molecule is c1ccc(CC2C3CCCCCC32)cc1. The van der Waals surface area contributed by atoms with Crippen LogP contribution in [0.15, 0.2) is 30.3 Å². The zero-order chi connectivity index (χ0) is 10.1. The molecular weight excluding hydrogens is 180 g/mol. The normalized spacial score (nSPS) is 34.3. The highest BCUT2D eigenvalue weighted by Crippen LogP contribution is 2.55. The fraction of sp³-hybridized carbons (Fsp3) is 0.600. The van der Waals surface area contributed by atoms with Crippen LogP contribution in [0.1, 0.15) is 37.7 Å². The molecule has 2 atom stereocenters. The summed E-state index contributed by atoms with van der Waals surface area (Å²) in [5.41, 5.74) is 1.55. The van der Waals surface area contributed by atoms with Crippen molar-refractivity contribution >= 4 is 0 Å². The fourth-order valence-corrected chi connectivity index (χ4v) is 3.51. The Morgan fingerprint density at radius 2 is 1.53 bits per heavy atom. The van der Waals surface area contributed by atoms with Crippen molar-refractivity contribution in [3.05, 3.63) is 35.9 Å². The van der Waals surface area contributed by atoms with E-state index in [-0.39, 0.29) is 0 Å². The van der Waals surface area contributed by atoms with Crippen molar-refractivity contribution in [2.75, 3.05) is 0 Å². The van der Waals surface area contributed by atoms with Gasteiger partial charge in [0, 0.05) is 0 Å². The number of rotatable bonds is 2. The summed E-state index contributed by atoms with van der Waals surface area (Å²) >= 11 is 0. The van der Waals surface area contributed by atoms with Crippen LogP contribution in [0.5, 0.6) is 0 Å². The molecule has 0 radical (unpaired) electrons. The Morgan fingerprint density at radius 1 is 0.867 bits per heavy atom. The summed E-state index contributed by atoms with van der Waals surface area (Å²) < 4.78 is 0. The van der Waals surface area contributed by atoms with Crippen molar-refractivity contribution < 1.29 is 0 Å². The molecule has 0 aliphatic heterocycles. The molecule has 2 saturated carbocycles. The van der Waals surface area contributed by atoms with E-state index in [1.54, 1.807) is 5.56 Å². The van der Waals surface area contributed by atoms with Gasteiger partial charge < -0.3 is 0 Å². The summed E-state index contributed by atoms with van der Waals surface area (Å²) in [7, 11) is 0. The zero-order valence-electron chi connectivity index (χ0n) is 9.36. The smallest absolute Gasteiger partial charge is 0.0245 e. The first-order valence-electron chi connectivity index (χ1n) is 6.49. The quantitative estimate of drug-likeness (QED) is 0.675. The van der Waals surface area contributed by atoms with Gasteiger partial charge in [-0.3, -0.25) is 0 Å². The molecule has 0 N–H and O–H groups in total. The van der Waals surface area contributed by atoms with Crippen LogP contribution in [0.3, 0.4) is 0 Å². The highest BCUT2D eigenvalue weighted by Gasteiger charge is 2.48. The third-order valence-electron chi connectivity index (χ3n) is 4.40. The minimum absolute atomic E-state index is 1.03. The average molecular weight is 200 g/mol. The zero-order valence-corrected chi connectivity index (χ0v) is 9.36. The van der Waals surface area contributed by atoms with E-state index >= 15 is 0 Å². The van der Waals surface area contributed by atoms with Crippen LogP contribution in [-0.4, -0.2) is 0 Å². The summed E-state index contributed by atoms with van der Waals surface area (Å²) in [6.07, 6.45) is 8.85. The van der Waals surface area contributed by atoms with Crippen LogP contribution >= 0.6 is 0 Å². The first-order valence-corrected chi connectivity index (χ1v) is 6.49. The third kappa shape index (κ3) is 1.95. The predicted molar refractivity (Wildman–Crippen MR) is 63.7 cm³/mol. The topological polar surface area (TPSA) is 0 Å². The molecule has 0 heteroatoms. The van der Waals surface area contributed by atoms with Crippen molar-refractivity contribution in [3.63, 3.8) is 0 Å². The van der Waals surface area contributed by atoms with Gasteiger partial charge in [0.15, 0.2) is 0 Å². The Balaban J connectivity index is 1.62.